The molecule has 1 aliphatic rings. The van der Waals surface area contributed by atoms with Crippen LogP contribution in [0.5, 0.6) is 0 Å². The molecule has 2 aromatic heterocycles. The van der Waals surface area contributed by atoms with E-state index in [9.17, 15) is 4.79 Å². The first-order chi connectivity index (χ1) is 7.86. The highest BCUT2D eigenvalue weighted by Gasteiger charge is 2.17. The molecule has 0 aliphatic carbocycles. The maximum absolute atomic E-state index is 12.2. The summed E-state index contributed by atoms with van der Waals surface area (Å²) in [7, 11) is 0. The zero-order valence-electron chi connectivity index (χ0n) is 8.85. The van der Waals surface area contributed by atoms with Gasteiger partial charge in [0.2, 0.25) is 0 Å². The van der Waals surface area contributed by atoms with Crippen molar-refractivity contribution in [3.05, 3.63) is 28.1 Å². The molecule has 1 saturated heterocycles. The van der Waals surface area contributed by atoms with Crippen LogP contribution in [0, 0.1) is 0 Å². The largest absolute Gasteiger partial charge is 0.315 e. The molecular formula is C11H13N3OS. The number of aromatic nitrogens is 2. The molecule has 5 heteroatoms. The molecule has 3 heterocycles. The lowest BCUT2D eigenvalue weighted by atomic mass is 10.1. The first-order valence-electron chi connectivity index (χ1n) is 5.51. The predicted octanol–water partition coefficient (Wildman–Crippen LogP) is 1.38. The number of fused-ring (bicyclic) bond motifs is 1. The molecule has 3 rings (SSSR count). The van der Waals surface area contributed by atoms with Gasteiger partial charge in [0, 0.05) is 6.54 Å². The van der Waals surface area contributed by atoms with E-state index in [1.165, 1.54) is 11.3 Å². The molecule has 1 aliphatic heterocycles. The number of rotatable bonds is 1. The number of nitrogens with zero attached hydrogens (tertiary/aromatic N) is 2. The van der Waals surface area contributed by atoms with Gasteiger partial charge in [-0.05, 0) is 30.8 Å². The van der Waals surface area contributed by atoms with Crippen LogP contribution >= 0.6 is 11.3 Å². The molecule has 1 atom stereocenters. The molecule has 16 heavy (non-hydrogen) atoms. The van der Waals surface area contributed by atoms with Crippen LogP contribution in [0.4, 0.5) is 0 Å². The monoisotopic (exact) mass is 235 g/mol. The smallest absolute Gasteiger partial charge is 0.271 e. The van der Waals surface area contributed by atoms with Gasteiger partial charge in [-0.2, -0.15) is 0 Å². The molecule has 2 aromatic rings. The van der Waals surface area contributed by atoms with E-state index in [-0.39, 0.29) is 11.6 Å². The lowest BCUT2D eigenvalue weighted by Gasteiger charge is -2.24. The standard InChI is InChI=1S/C11H13N3OS/c15-11-10-9(3-5-16-10)13-7-14(11)8-2-1-4-12-6-8/h3,5,7-8,12H,1-2,4,6H2/t8-/m1/s1. The Kier molecular flexibility index (Phi) is 2.49. The van der Waals surface area contributed by atoms with Gasteiger partial charge in [0.15, 0.2) is 0 Å². The fourth-order valence-corrected chi connectivity index (χ4v) is 2.97. The van der Waals surface area contributed by atoms with Crippen molar-refractivity contribution < 1.29 is 0 Å². The number of hydrogen-bond donors (Lipinski definition) is 1. The number of thiophene rings is 1. The molecule has 84 valence electrons. The molecule has 4 nitrogen and oxygen atoms in total. The molecular weight excluding hydrogens is 222 g/mol. The Bertz CT molecular complexity index is 554. The Morgan fingerprint density at radius 2 is 2.50 bits per heavy atom. The van der Waals surface area contributed by atoms with E-state index in [1.807, 2.05) is 11.4 Å². The van der Waals surface area contributed by atoms with Crippen LogP contribution in [0.1, 0.15) is 18.9 Å². The summed E-state index contributed by atoms with van der Waals surface area (Å²) in [5, 5.41) is 5.24. The van der Waals surface area contributed by atoms with E-state index in [0.717, 1.165) is 36.1 Å². The first kappa shape index (κ1) is 9.99. The number of piperidine rings is 1. The third-order valence-electron chi connectivity index (χ3n) is 3.06. The minimum absolute atomic E-state index is 0.105. The molecule has 1 fully saturated rings. The van der Waals surface area contributed by atoms with Crippen molar-refractivity contribution in [1.29, 1.82) is 0 Å². The Balaban J connectivity index is 2.09. The Morgan fingerprint density at radius 1 is 1.56 bits per heavy atom. The summed E-state index contributed by atoms with van der Waals surface area (Å²) in [6, 6.07) is 2.16. The first-order valence-corrected chi connectivity index (χ1v) is 6.39. The van der Waals surface area contributed by atoms with Gasteiger partial charge < -0.3 is 5.32 Å². The minimum Gasteiger partial charge on any atom is -0.315 e. The van der Waals surface area contributed by atoms with Crippen molar-refractivity contribution in [3.8, 4) is 0 Å². The summed E-state index contributed by atoms with van der Waals surface area (Å²) in [5.41, 5.74) is 0.920. The molecule has 0 aromatic carbocycles. The maximum atomic E-state index is 12.2. The van der Waals surface area contributed by atoms with Gasteiger partial charge in [-0.1, -0.05) is 0 Å². The van der Waals surface area contributed by atoms with Crippen molar-refractivity contribution in [2.75, 3.05) is 13.1 Å². The lowest BCUT2D eigenvalue weighted by Crippen LogP contribution is -2.36. The average Bonchev–Trinajstić information content (AvgIpc) is 2.80. The van der Waals surface area contributed by atoms with Crippen LogP contribution in [0.3, 0.4) is 0 Å². The van der Waals surface area contributed by atoms with Gasteiger partial charge in [-0.15, -0.1) is 11.3 Å². The Hall–Kier alpha value is -1.20. The summed E-state index contributed by atoms with van der Waals surface area (Å²) >= 11 is 1.48. The fourth-order valence-electron chi connectivity index (χ4n) is 2.19. The minimum atomic E-state index is 0.105. The molecule has 0 radical (unpaired) electrons. The third-order valence-corrected chi connectivity index (χ3v) is 3.95. The molecule has 0 unspecified atom stereocenters. The van der Waals surface area contributed by atoms with E-state index in [2.05, 4.69) is 10.3 Å². The number of nitrogens with one attached hydrogen (secondary N) is 1. The van der Waals surface area contributed by atoms with Crippen molar-refractivity contribution in [1.82, 2.24) is 14.9 Å². The van der Waals surface area contributed by atoms with Crippen LogP contribution in [0.25, 0.3) is 10.2 Å². The number of hydrogen-bond acceptors (Lipinski definition) is 4. The molecule has 0 bridgehead atoms. The highest BCUT2D eigenvalue weighted by molar-refractivity contribution is 7.17. The zero-order valence-corrected chi connectivity index (χ0v) is 9.67. The van der Waals surface area contributed by atoms with Crippen LogP contribution in [0.2, 0.25) is 0 Å². The van der Waals surface area contributed by atoms with Crippen LogP contribution < -0.4 is 10.9 Å². The predicted molar refractivity (Wildman–Crippen MR) is 65.0 cm³/mol. The Morgan fingerprint density at radius 3 is 3.31 bits per heavy atom. The maximum Gasteiger partial charge on any atom is 0.271 e. The van der Waals surface area contributed by atoms with E-state index in [1.54, 1.807) is 10.9 Å². The second kappa shape index (κ2) is 3.99. The molecule has 0 spiro atoms. The SMILES string of the molecule is O=c1c2sccc2ncn1[C@@H]1CCCNC1. The topological polar surface area (TPSA) is 46.9 Å². The second-order valence-corrected chi connectivity index (χ2v) is 5.01. The molecule has 0 saturated carbocycles. The van der Waals surface area contributed by atoms with Crippen molar-refractivity contribution in [2.45, 2.75) is 18.9 Å². The molecule has 0 amide bonds. The van der Waals surface area contributed by atoms with Gasteiger partial charge in [-0.25, -0.2) is 4.98 Å². The van der Waals surface area contributed by atoms with Crippen molar-refractivity contribution in [2.24, 2.45) is 0 Å². The van der Waals surface area contributed by atoms with Crippen LogP contribution in [-0.4, -0.2) is 22.6 Å². The second-order valence-electron chi connectivity index (χ2n) is 4.09. The normalized spacial score (nSPS) is 21.4. The van der Waals surface area contributed by atoms with Crippen molar-refractivity contribution >= 4 is 21.6 Å². The quantitative estimate of drug-likeness (QED) is 0.812. The van der Waals surface area contributed by atoms with Gasteiger partial charge >= 0.3 is 0 Å². The summed E-state index contributed by atoms with van der Waals surface area (Å²) in [6.07, 6.45) is 3.88. The van der Waals surface area contributed by atoms with Gasteiger partial charge in [0.05, 0.1) is 17.9 Å². The van der Waals surface area contributed by atoms with E-state index < -0.39 is 0 Å². The lowest BCUT2D eigenvalue weighted by molar-refractivity contribution is 0.363. The summed E-state index contributed by atoms with van der Waals surface area (Å²) in [4.78, 5) is 16.5. The highest BCUT2D eigenvalue weighted by atomic mass is 32.1. The highest BCUT2D eigenvalue weighted by Crippen LogP contribution is 2.18. The summed E-state index contributed by atoms with van der Waals surface area (Å²) < 4.78 is 2.55. The Labute approximate surface area is 96.9 Å². The average molecular weight is 235 g/mol. The fraction of sp³-hybridized carbons (Fsp3) is 0.455. The van der Waals surface area contributed by atoms with Gasteiger partial charge in [0.1, 0.15) is 4.70 Å². The van der Waals surface area contributed by atoms with E-state index in [0.29, 0.717) is 0 Å². The van der Waals surface area contributed by atoms with Crippen molar-refractivity contribution in [3.63, 3.8) is 0 Å². The molecule has 1 N–H and O–H groups in total. The van der Waals surface area contributed by atoms with E-state index >= 15 is 0 Å². The summed E-state index contributed by atoms with van der Waals surface area (Å²) in [6.45, 7) is 1.93. The van der Waals surface area contributed by atoms with Crippen LogP contribution in [0.15, 0.2) is 22.6 Å². The van der Waals surface area contributed by atoms with Gasteiger partial charge in [0.25, 0.3) is 5.56 Å². The van der Waals surface area contributed by atoms with E-state index in [4.69, 9.17) is 0 Å². The van der Waals surface area contributed by atoms with Gasteiger partial charge in [-0.3, -0.25) is 9.36 Å². The third kappa shape index (κ3) is 1.56. The summed E-state index contributed by atoms with van der Waals surface area (Å²) in [5.74, 6) is 0. The zero-order chi connectivity index (χ0) is 11.0. The van der Waals surface area contributed by atoms with Crippen LogP contribution in [-0.2, 0) is 0 Å².